The van der Waals surface area contributed by atoms with E-state index in [4.69, 9.17) is 9.47 Å². The van der Waals surface area contributed by atoms with Gasteiger partial charge < -0.3 is 20.1 Å². The molecule has 1 rings (SSSR count). The molecule has 0 saturated heterocycles. The Labute approximate surface area is 144 Å². The molecule has 1 aromatic carbocycles. The molecule has 0 radical (unpaired) electrons. The normalized spacial score (nSPS) is 10.3. The second-order valence-electron chi connectivity index (χ2n) is 4.89. The highest BCUT2D eigenvalue weighted by Crippen LogP contribution is 2.31. The highest BCUT2D eigenvalue weighted by molar-refractivity contribution is 14.1. The summed E-state index contributed by atoms with van der Waals surface area (Å²) in [7, 11) is 3.07. The highest BCUT2D eigenvalue weighted by atomic mass is 127. The number of carbonyl (C=O) groups is 2. The Kier molecular flexibility index (Phi) is 7.43. The summed E-state index contributed by atoms with van der Waals surface area (Å²) >= 11 is 2.07. The average Bonchev–Trinajstić information content (AvgIpc) is 2.50. The third-order valence-corrected chi connectivity index (χ3v) is 3.84. The Morgan fingerprint density at radius 2 is 1.64 bits per heavy atom. The summed E-state index contributed by atoms with van der Waals surface area (Å²) in [5, 5.41) is 5.51. The van der Waals surface area contributed by atoms with E-state index >= 15 is 0 Å². The van der Waals surface area contributed by atoms with Crippen LogP contribution < -0.4 is 20.1 Å². The van der Waals surface area contributed by atoms with Crippen molar-refractivity contribution in [1.29, 1.82) is 0 Å². The highest BCUT2D eigenvalue weighted by Gasteiger charge is 2.15. The van der Waals surface area contributed by atoms with Crippen LogP contribution in [-0.4, -0.2) is 39.1 Å². The van der Waals surface area contributed by atoms with E-state index in [-0.39, 0.29) is 17.7 Å². The van der Waals surface area contributed by atoms with Crippen molar-refractivity contribution in [2.24, 2.45) is 5.92 Å². The molecule has 0 aliphatic rings. The molecule has 0 bridgehead atoms. The lowest BCUT2D eigenvalue weighted by molar-refractivity contribution is -0.123. The van der Waals surface area contributed by atoms with Gasteiger partial charge in [-0.15, -0.1) is 0 Å². The molecule has 22 heavy (non-hydrogen) atoms. The van der Waals surface area contributed by atoms with Gasteiger partial charge in [0.05, 0.1) is 19.8 Å². The van der Waals surface area contributed by atoms with Gasteiger partial charge in [0.25, 0.3) is 5.91 Å². The zero-order valence-corrected chi connectivity index (χ0v) is 15.3. The first-order valence-corrected chi connectivity index (χ1v) is 7.96. The van der Waals surface area contributed by atoms with Gasteiger partial charge in [-0.2, -0.15) is 0 Å². The summed E-state index contributed by atoms with van der Waals surface area (Å²) in [6.45, 7) is 4.40. The van der Waals surface area contributed by atoms with E-state index in [1.807, 2.05) is 13.8 Å². The predicted octanol–water partition coefficient (Wildman–Crippen LogP) is 1.81. The van der Waals surface area contributed by atoms with Gasteiger partial charge in [-0.1, -0.05) is 13.8 Å². The molecule has 2 N–H and O–H groups in total. The summed E-state index contributed by atoms with van der Waals surface area (Å²) in [5.41, 5.74) is 0.508. The molecule has 0 aliphatic heterocycles. The minimum absolute atomic E-state index is 0.0325. The zero-order valence-electron chi connectivity index (χ0n) is 13.2. The molecule has 7 heteroatoms. The van der Waals surface area contributed by atoms with Crippen molar-refractivity contribution < 1.29 is 19.1 Å². The molecule has 1 aromatic rings. The van der Waals surface area contributed by atoms with Crippen LogP contribution in [0.15, 0.2) is 12.1 Å². The van der Waals surface area contributed by atoms with Crippen LogP contribution in [0, 0.1) is 9.49 Å². The maximum atomic E-state index is 12.2. The Morgan fingerprint density at radius 1 is 1.09 bits per heavy atom. The summed E-state index contributed by atoms with van der Waals surface area (Å²) in [6.07, 6.45) is 0. The fourth-order valence-corrected chi connectivity index (χ4v) is 2.37. The van der Waals surface area contributed by atoms with Crippen molar-refractivity contribution in [3.8, 4) is 11.5 Å². The molecule has 2 amide bonds. The SMILES string of the molecule is COc1cc(I)c(C(=O)NCCNC(=O)C(C)C)cc1OC. The summed E-state index contributed by atoms with van der Waals surface area (Å²) in [4.78, 5) is 23.6. The first-order valence-electron chi connectivity index (χ1n) is 6.88. The van der Waals surface area contributed by atoms with Gasteiger partial charge >= 0.3 is 0 Å². The molecular weight excluding hydrogens is 399 g/mol. The number of methoxy groups -OCH3 is 2. The van der Waals surface area contributed by atoms with Crippen molar-refractivity contribution in [3.63, 3.8) is 0 Å². The van der Waals surface area contributed by atoms with E-state index < -0.39 is 0 Å². The average molecular weight is 420 g/mol. The second kappa shape index (κ2) is 8.82. The number of halogens is 1. The molecular formula is C15H21IN2O4. The molecule has 0 unspecified atom stereocenters. The molecule has 6 nitrogen and oxygen atoms in total. The Balaban J connectivity index is 2.64. The van der Waals surface area contributed by atoms with Gasteiger partial charge in [-0.25, -0.2) is 0 Å². The summed E-state index contributed by atoms with van der Waals surface area (Å²) < 4.78 is 11.2. The quantitative estimate of drug-likeness (QED) is 0.521. The molecule has 0 atom stereocenters. The van der Waals surface area contributed by atoms with Gasteiger partial charge in [-0.3, -0.25) is 9.59 Å². The van der Waals surface area contributed by atoms with Crippen LogP contribution >= 0.6 is 22.6 Å². The molecule has 0 spiro atoms. The number of benzene rings is 1. The summed E-state index contributed by atoms with van der Waals surface area (Å²) in [6, 6.07) is 3.39. The number of ether oxygens (including phenoxy) is 2. The number of amides is 2. The fraction of sp³-hybridized carbons (Fsp3) is 0.467. The van der Waals surface area contributed by atoms with Gasteiger partial charge in [0.1, 0.15) is 0 Å². The first kappa shape index (κ1) is 18.5. The predicted molar refractivity (Wildman–Crippen MR) is 92.4 cm³/mol. The lowest BCUT2D eigenvalue weighted by Gasteiger charge is -2.12. The number of nitrogens with one attached hydrogen (secondary N) is 2. The van der Waals surface area contributed by atoms with Crippen molar-refractivity contribution in [3.05, 3.63) is 21.3 Å². The second-order valence-corrected chi connectivity index (χ2v) is 6.05. The van der Waals surface area contributed by atoms with E-state index in [2.05, 4.69) is 33.2 Å². The molecule has 0 heterocycles. The van der Waals surface area contributed by atoms with Crippen LogP contribution in [0.3, 0.4) is 0 Å². The Bertz CT molecular complexity index is 547. The van der Waals surface area contributed by atoms with E-state index in [0.29, 0.717) is 30.2 Å². The Hall–Kier alpha value is -1.51. The Morgan fingerprint density at radius 3 is 2.18 bits per heavy atom. The molecule has 0 aliphatic carbocycles. The van der Waals surface area contributed by atoms with Crippen LogP contribution in [-0.2, 0) is 4.79 Å². The fourth-order valence-electron chi connectivity index (χ4n) is 1.69. The maximum absolute atomic E-state index is 12.2. The van der Waals surface area contributed by atoms with Crippen molar-refractivity contribution in [2.45, 2.75) is 13.8 Å². The standard InChI is InChI=1S/C15H21IN2O4/c1-9(2)14(19)17-5-6-18-15(20)10-7-12(21-3)13(22-4)8-11(10)16/h7-9H,5-6H2,1-4H3,(H,17,19)(H,18,20). The van der Waals surface area contributed by atoms with Crippen molar-refractivity contribution >= 4 is 34.4 Å². The minimum Gasteiger partial charge on any atom is -0.493 e. The van der Waals surface area contributed by atoms with Crippen LogP contribution in [0.2, 0.25) is 0 Å². The van der Waals surface area contributed by atoms with Crippen LogP contribution in [0.5, 0.6) is 11.5 Å². The van der Waals surface area contributed by atoms with Crippen molar-refractivity contribution in [1.82, 2.24) is 10.6 Å². The van der Waals surface area contributed by atoms with Gasteiger partial charge in [0.15, 0.2) is 11.5 Å². The van der Waals surface area contributed by atoms with Gasteiger partial charge in [0, 0.05) is 22.6 Å². The van der Waals surface area contributed by atoms with E-state index in [1.165, 1.54) is 7.11 Å². The molecule has 0 saturated carbocycles. The minimum atomic E-state index is -0.218. The number of rotatable bonds is 7. The monoisotopic (exact) mass is 420 g/mol. The smallest absolute Gasteiger partial charge is 0.252 e. The maximum Gasteiger partial charge on any atom is 0.252 e. The third-order valence-electron chi connectivity index (χ3n) is 2.95. The molecule has 0 aromatic heterocycles. The van der Waals surface area contributed by atoms with E-state index in [0.717, 1.165) is 3.57 Å². The van der Waals surface area contributed by atoms with Crippen LogP contribution in [0.4, 0.5) is 0 Å². The molecule has 0 fully saturated rings. The lowest BCUT2D eigenvalue weighted by atomic mass is 10.2. The lowest BCUT2D eigenvalue weighted by Crippen LogP contribution is -2.36. The number of hydrogen-bond acceptors (Lipinski definition) is 4. The molecule has 122 valence electrons. The largest absolute Gasteiger partial charge is 0.493 e. The number of carbonyl (C=O) groups excluding carboxylic acids is 2. The van der Waals surface area contributed by atoms with E-state index in [9.17, 15) is 9.59 Å². The van der Waals surface area contributed by atoms with Crippen LogP contribution in [0.25, 0.3) is 0 Å². The van der Waals surface area contributed by atoms with Crippen LogP contribution in [0.1, 0.15) is 24.2 Å². The third kappa shape index (κ3) is 5.04. The van der Waals surface area contributed by atoms with Gasteiger partial charge in [-0.05, 0) is 34.7 Å². The van der Waals surface area contributed by atoms with Crippen molar-refractivity contribution in [2.75, 3.05) is 27.3 Å². The summed E-state index contributed by atoms with van der Waals surface area (Å²) in [5.74, 6) is 0.760. The van der Waals surface area contributed by atoms with Gasteiger partial charge in [0.2, 0.25) is 5.91 Å². The number of hydrogen-bond donors (Lipinski definition) is 2. The zero-order chi connectivity index (χ0) is 16.7. The van der Waals surface area contributed by atoms with E-state index in [1.54, 1.807) is 19.2 Å². The topological polar surface area (TPSA) is 76.7 Å². The first-order chi connectivity index (χ1) is 10.4.